The maximum absolute atomic E-state index is 12.6. The number of ether oxygens (including phenoxy) is 2. The monoisotopic (exact) mass is 714 g/mol. The molecule has 1 saturated carbocycles. The van der Waals surface area contributed by atoms with Crippen LogP contribution in [-0.4, -0.2) is 79.8 Å². The highest BCUT2D eigenvalue weighted by molar-refractivity contribution is 6.30. The molecule has 4 N–H and O–H groups in total. The number of aliphatic imine (C=N–C) groups is 1. The SMILES string of the molecule is C/C=C1/C/C=C(/CC(/C=C/NC=NC)NC(=O)OC2CC2)c2cc(Cl)ccc2C(N2CCN(C(=O)OC(C)C)CC2)C1.C/C=C\N.CC.CC. The molecule has 2 fully saturated rings. The average Bonchev–Trinajstić information content (AvgIpc) is 3.94. The van der Waals surface area contributed by atoms with Gasteiger partial charge in [0.15, 0.2) is 0 Å². The molecule has 2 aliphatic carbocycles. The zero-order valence-corrected chi connectivity index (χ0v) is 32.6. The quantitative estimate of drug-likeness (QED) is 0.133. The van der Waals surface area contributed by atoms with E-state index < -0.39 is 6.09 Å². The first-order valence-electron chi connectivity index (χ1n) is 18.1. The lowest BCUT2D eigenvalue weighted by atomic mass is 9.83. The summed E-state index contributed by atoms with van der Waals surface area (Å²) in [6, 6.07) is 5.94. The van der Waals surface area contributed by atoms with Gasteiger partial charge in [0.05, 0.1) is 18.5 Å². The molecule has 50 heavy (non-hydrogen) atoms. The van der Waals surface area contributed by atoms with E-state index >= 15 is 0 Å². The van der Waals surface area contributed by atoms with E-state index in [4.69, 9.17) is 26.8 Å². The lowest BCUT2D eigenvalue weighted by Crippen LogP contribution is -2.50. The van der Waals surface area contributed by atoms with Crippen LogP contribution in [0.4, 0.5) is 9.59 Å². The number of nitrogens with two attached hydrogens (primary N) is 1. The number of fused-ring (bicyclic) bond motifs is 1. The minimum absolute atomic E-state index is 0.0193. The molecule has 3 aliphatic rings. The number of alkyl carbamates (subject to hydrolysis) is 1. The predicted molar refractivity (Wildman–Crippen MR) is 209 cm³/mol. The third-order valence-corrected chi connectivity index (χ3v) is 8.14. The van der Waals surface area contributed by atoms with Crippen molar-refractivity contribution in [1.29, 1.82) is 0 Å². The van der Waals surface area contributed by atoms with Gasteiger partial charge in [-0.25, -0.2) is 9.59 Å². The van der Waals surface area contributed by atoms with Gasteiger partial charge in [0.25, 0.3) is 0 Å². The summed E-state index contributed by atoms with van der Waals surface area (Å²) in [6.45, 7) is 18.4. The van der Waals surface area contributed by atoms with Gasteiger partial charge in [0.1, 0.15) is 6.10 Å². The Balaban J connectivity index is 0.00000143. The molecule has 1 aromatic carbocycles. The van der Waals surface area contributed by atoms with Crippen molar-refractivity contribution in [3.05, 3.63) is 76.6 Å². The number of benzene rings is 1. The van der Waals surface area contributed by atoms with Crippen molar-refractivity contribution in [1.82, 2.24) is 20.4 Å². The summed E-state index contributed by atoms with van der Waals surface area (Å²) in [5.41, 5.74) is 9.58. The maximum atomic E-state index is 12.6. The van der Waals surface area contributed by atoms with Gasteiger partial charge in [0.2, 0.25) is 0 Å². The number of carbonyl (C=O) groups excluding carboxylic acids is 2. The van der Waals surface area contributed by atoms with Crippen molar-refractivity contribution in [2.24, 2.45) is 10.7 Å². The molecular formula is C39H63ClN6O4. The van der Waals surface area contributed by atoms with E-state index in [1.807, 2.05) is 66.7 Å². The number of halogens is 1. The van der Waals surface area contributed by atoms with Crippen LogP contribution >= 0.6 is 11.6 Å². The van der Waals surface area contributed by atoms with E-state index in [1.54, 1.807) is 30.6 Å². The molecule has 0 bridgehead atoms. The Labute approximate surface area is 306 Å². The summed E-state index contributed by atoms with van der Waals surface area (Å²) in [5, 5.41) is 6.72. The average molecular weight is 715 g/mol. The molecule has 0 aromatic heterocycles. The number of piperazine rings is 1. The summed E-state index contributed by atoms with van der Waals surface area (Å²) < 4.78 is 10.9. The molecule has 10 nitrogen and oxygen atoms in total. The summed E-state index contributed by atoms with van der Waals surface area (Å²) in [4.78, 5) is 33.4. The van der Waals surface area contributed by atoms with Gasteiger partial charge in [-0.1, -0.05) is 69.2 Å². The van der Waals surface area contributed by atoms with E-state index in [2.05, 4.69) is 45.7 Å². The highest BCUT2D eigenvalue weighted by Gasteiger charge is 2.32. The van der Waals surface area contributed by atoms with Crippen LogP contribution in [0.3, 0.4) is 0 Å². The van der Waals surface area contributed by atoms with Gasteiger partial charge in [-0.15, -0.1) is 0 Å². The predicted octanol–water partition coefficient (Wildman–Crippen LogP) is 8.61. The Bertz CT molecular complexity index is 1290. The highest BCUT2D eigenvalue weighted by atomic mass is 35.5. The summed E-state index contributed by atoms with van der Waals surface area (Å²) in [6.07, 6.45) is 16.3. The largest absolute Gasteiger partial charge is 0.447 e. The lowest BCUT2D eigenvalue weighted by Gasteiger charge is -2.41. The second kappa shape index (κ2) is 25.2. The molecule has 2 unspecified atom stereocenters. The molecule has 1 aromatic rings. The summed E-state index contributed by atoms with van der Waals surface area (Å²) >= 11 is 6.59. The number of hydrogen-bond donors (Lipinski definition) is 3. The van der Waals surface area contributed by atoms with Gasteiger partial charge < -0.3 is 30.7 Å². The van der Waals surface area contributed by atoms with Gasteiger partial charge in [-0.3, -0.25) is 9.89 Å². The number of hydrogen-bond acceptors (Lipinski definition) is 7. The van der Waals surface area contributed by atoms with E-state index in [1.165, 1.54) is 17.3 Å². The van der Waals surface area contributed by atoms with E-state index in [9.17, 15) is 9.59 Å². The van der Waals surface area contributed by atoms with Gasteiger partial charge in [-0.2, -0.15) is 0 Å². The van der Waals surface area contributed by atoms with Crippen molar-refractivity contribution in [3.8, 4) is 0 Å². The standard InChI is InChI=1S/C32H44ClN5O4.C3H7N.2C2H6/c1-5-23-6-7-24(19-26(12-13-35-21-34-4)36-31(39)42-27-9-10-27)29-20-25(33)8-11-28(29)30(18-23)37-14-16-38(17-15-37)32(40)41-22(2)3;1-2-3-4;2*1-2/h5,7-8,11-13,20-22,26-27,30H,6,9-10,14-19H2,1-4H3,(H,34,35)(H,36,39);2-3H,4H2,1H3;2*1-2H3/b13-12+,23-5-,24-7-;3-2-;;. The maximum Gasteiger partial charge on any atom is 0.410 e. The van der Waals surface area contributed by atoms with Crippen molar-refractivity contribution in [2.75, 3.05) is 33.2 Å². The van der Waals surface area contributed by atoms with Crippen molar-refractivity contribution in [3.63, 3.8) is 0 Å². The van der Waals surface area contributed by atoms with Crippen LogP contribution in [0.15, 0.2) is 65.5 Å². The topological polar surface area (TPSA) is 122 Å². The minimum Gasteiger partial charge on any atom is -0.447 e. The number of allylic oxidation sites excluding steroid dienone is 3. The zero-order valence-electron chi connectivity index (χ0n) is 31.9. The van der Waals surface area contributed by atoms with E-state index in [0.29, 0.717) is 24.5 Å². The fourth-order valence-electron chi connectivity index (χ4n) is 5.37. The summed E-state index contributed by atoms with van der Waals surface area (Å²) in [5.74, 6) is 0. The Hall–Kier alpha value is -3.76. The van der Waals surface area contributed by atoms with E-state index in [-0.39, 0.29) is 30.4 Å². The smallest absolute Gasteiger partial charge is 0.410 e. The molecular weight excluding hydrogens is 652 g/mol. The zero-order chi connectivity index (χ0) is 37.5. The van der Waals surface area contributed by atoms with Crippen LogP contribution in [0.1, 0.15) is 105 Å². The van der Waals surface area contributed by atoms with Crippen LogP contribution in [0.25, 0.3) is 5.57 Å². The fraction of sp³-hybridized carbons (Fsp3) is 0.564. The molecule has 2 amide bonds. The van der Waals surface area contributed by atoms with Crippen LogP contribution in [0.5, 0.6) is 0 Å². The van der Waals surface area contributed by atoms with Crippen molar-refractivity contribution in [2.45, 2.75) is 112 Å². The second-order valence-electron chi connectivity index (χ2n) is 11.8. The van der Waals surface area contributed by atoms with Crippen LogP contribution in [-0.2, 0) is 9.47 Å². The number of rotatable bonds is 9. The Morgan fingerprint density at radius 3 is 2.32 bits per heavy atom. The third-order valence-electron chi connectivity index (χ3n) is 7.91. The minimum atomic E-state index is -0.407. The van der Waals surface area contributed by atoms with Crippen LogP contribution in [0, 0.1) is 0 Å². The van der Waals surface area contributed by atoms with Crippen molar-refractivity contribution >= 4 is 35.7 Å². The Kier molecular flexibility index (Phi) is 22.3. The molecule has 1 saturated heterocycles. The second-order valence-corrected chi connectivity index (χ2v) is 12.2. The first kappa shape index (κ1) is 44.3. The van der Waals surface area contributed by atoms with Gasteiger partial charge in [-0.05, 0) is 107 Å². The first-order chi connectivity index (χ1) is 24.2. The van der Waals surface area contributed by atoms with Gasteiger partial charge in [0, 0.05) is 44.3 Å². The number of nitrogens with one attached hydrogen (secondary N) is 2. The first-order valence-corrected chi connectivity index (χ1v) is 18.5. The summed E-state index contributed by atoms with van der Waals surface area (Å²) in [7, 11) is 1.69. The molecule has 1 heterocycles. The molecule has 1 aliphatic heterocycles. The molecule has 11 heteroatoms. The number of amides is 2. The normalized spacial score (nSPS) is 20.1. The van der Waals surface area contributed by atoms with E-state index in [0.717, 1.165) is 49.9 Å². The number of nitrogens with zero attached hydrogens (tertiary/aromatic N) is 3. The third kappa shape index (κ3) is 15.9. The molecule has 2 atom stereocenters. The van der Waals surface area contributed by atoms with Crippen LogP contribution < -0.4 is 16.4 Å². The fourth-order valence-corrected chi connectivity index (χ4v) is 5.54. The lowest BCUT2D eigenvalue weighted by molar-refractivity contribution is 0.0476. The Morgan fingerprint density at radius 2 is 1.76 bits per heavy atom. The van der Waals surface area contributed by atoms with Crippen molar-refractivity contribution < 1.29 is 19.1 Å². The Morgan fingerprint density at radius 1 is 1.10 bits per heavy atom. The molecule has 280 valence electrons. The molecule has 0 radical (unpaired) electrons. The highest BCUT2D eigenvalue weighted by Crippen LogP contribution is 2.40. The number of carbonyl (C=O) groups is 2. The van der Waals surface area contributed by atoms with Crippen LogP contribution in [0.2, 0.25) is 5.02 Å². The molecule has 0 spiro atoms. The molecule has 4 rings (SSSR count). The van der Waals surface area contributed by atoms with Gasteiger partial charge >= 0.3 is 12.2 Å².